The highest BCUT2D eigenvalue weighted by molar-refractivity contribution is 5.92. The summed E-state index contributed by atoms with van der Waals surface area (Å²) in [5.41, 5.74) is 7.41. The largest absolute Gasteiger partial charge is 0.348 e. The van der Waals surface area contributed by atoms with Gasteiger partial charge in [0.05, 0.1) is 0 Å². The molecule has 0 aliphatic heterocycles. The molecule has 112 valence electrons. The third kappa shape index (κ3) is 3.33. The molecule has 2 saturated carbocycles. The van der Waals surface area contributed by atoms with Crippen LogP contribution in [0.25, 0.3) is 0 Å². The Morgan fingerprint density at radius 1 is 1.35 bits per heavy atom. The molecular weight excluding hydrogens is 276 g/mol. The van der Waals surface area contributed by atoms with E-state index in [-0.39, 0.29) is 24.4 Å². The number of rotatable bonds is 4. The quantitative estimate of drug-likeness (QED) is 0.794. The van der Waals surface area contributed by atoms with Crippen molar-refractivity contribution in [3.05, 3.63) is 17.5 Å². The van der Waals surface area contributed by atoms with Crippen LogP contribution in [0.3, 0.4) is 0 Å². The Bertz CT molecular complexity index is 458. The van der Waals surface area contributed by atoms with Gasteiger partial charge in [0, 0.05) is 17.7 Å². The second kappa shape index (κ2) is 6.59. The highest BCUT2D eigenvalue weighted by Crippen LogP contribution is 2.39. The number of aromatic nitrogens is 2. The normalized spacial score (nSPS) is 25.9. The van der Waals surface area contributed by atoms with Crippen LogP contribution >= 0.6 is 12.4 Å². The zero-order valence-corrected chi connectivity index (χ0v) is 12.4. The number of nitrogens with zero attached hydrogens (tertiary/aromatic N) is 1. The van der Waals surface area contributed by atoms with E-state index in [1.54, 1.807) is 0 Å². The Morgan fingerprint density at radius 3 is 2.80 bits per heavy atom. The van der Waals surface area contributed by atoms with Gasteiger partial charge in [-0.2, -0.15) is 5.10 Å². The number of aromatic amines is 1. The van der Waals surface area contributed by atoms with Crippen LogP contribution in [-0.2, 0) is 0 Å². The van der Waals surface area contributed by atoms with Gasteiger partial charge in [-0.3, -0.25) is 9.89 Å². The molecule has 0 radical (unpaired) electrons. The third-order valence-corrected chi connectivity index (χ3v) is 4.38. The summed E-state index contributed by atoms with van der Waals surface area (Å²) in [5, 5.41) is 10.2. The van der Waals surface area contributed by atoms with E-state index in [1.807, 2.05) is 6.07 Å². The number of carbonyl (C=O) groups is 1. The predicted octanol–water partition coefficient (Wildman–Crippen LogP) is 1.96. The number of hydrogen-bond acceptors (Lipinski definition) is 3. The van der Waals surface area contributed by atoms with E-state index >= 15 is 0 Å². The van der Waals surface area contributed by atoms with Crippen LogP contribution in [0.2, 0.25) is 0 Å². The fourth-order valence-electron chi connectivity index (χ4n) is 2.98. The maximum absolute atomic E-state index is 12.2. The molecular formula is C14H23ClN4O. The fourth-order valence-corrected chi connectivity index (χ4v) is 2.98. The summed E-state index contributed by atoms with van der Waals surface area (Å²) in [6, 6.07) is 2.11. The lowest BCUT2D eigenvalue weighted by atomic mass is 9.84. The first-order valence-electron chi connectivity index (χ1n) is 7.34. The van der Waals surface area contributed by atoms with E-state index in [2.05, 4.69) is 15.5 Å². The Hall–Kier alpha value is -1.07. The minimum absolute atomic E-state index is 0. The molecule has 2 atom stereocenters. The number of halogens is 1. The Balaban J connectivity index is 0.00000147. The van der Waals surface area contributed by atoms with Crippen molar-refractivity contribution < 1.29 is 4.79 Å². The van der Waals surface area contributed by atoms with Crippen molar-refractivity contribution in [2.45, 2.75) is 50.5 Å². The molecule has 5 nitrogen and oxygen atoms in total. The van der Waals surface area contributed by atoms with Crippen LogP contribution in [0.1, 0.15) is 60.6 Å². The van der Waals surface area contributed by atoms with Crippen molar-refractivity contribution in [3.63, 3.8) is 0 Å². The van der Waals surface area contributed by atoms with E-state index in [4.69, 9.17) is 5.73 Å². The molecule has 1 heterocycles. The van der Waals surface area contributed by atoms with Gasteiger partial charge in [-0.15, -0.1) is 12.4 Å². The summed E-state index contributed by atoms with van der Waals surface area (Å²) in [5.74, 6) is 0.952. The molecule has 0 saturated heterocycles. The maximum Gasteiger partial charge on any atom is 0.272 e. The van der Waals surface area contributed by atoms with Gasteiger partial charge in [0.15, 0.2) is 0 Å². The van der Waals surface area contributed by atoms with Crippen LogP contribution in [0.15, 0.2) is 6.07 Å². The average Bonchev–Trinajstić information content (AvgIpc) is 3.17. The minimum atomic E-state index is -0.0616. The van der Waals surface area contributed by atoms with Crippen LogP contribution in [0.4, 0.5) is 0 Å². The molecule has 0 aromatic carbocycles. The van der Waals surface area contributed by atoms with Crippen molar-refractivity contribution in [2.24, 2.45) is 11.7 Å². The zero-order valence-electron chi connectivity index (χ0n) is 11.6. The highest BCUT2D eigenvalue weighted by Gasteiger charge is 2.28. The van der Waals surface area contributed by atoms with Gasteiger partial charge in [-0.1, -0.05) is 12.8 Å². The van der Waals surface area contributed by atoms with Crippen LogP contribution in [-0.4, -0.2) is 28.7 Å². The number of H-pyrrole nitrogens is 1. The first kappa shape index (κ1) is 15.3. The molecule has 1 aromatic heterocycles. The monoisotopic (exact) mass is 298 g/mol. The van der Waals surface area contributed by atoms with Crippen molar-refractivity contribution in [1.29, 1.82) is 0 Å². The van der Waals surface area contributed by atoms with Gasteiger partial charge < -0.3 is 11.1 Å². The lowest BCUT2D eigenvalue weighted by Crippen LogP contribution is -2.44. The minimum Gasteiger partial charge on any atom is -0.348 e. The molecule has 6 heteroatoms. The molecule has 0 bridgehead atoms. The van der Waals surface area contributed by atoms with Crippen LogP contribution in [0, 0.1) is 5.92 Å². The summed E-state index contributed by atoms with van der Waals surface area (Å²) in [7, 11) is 0. The Kier molecular flexibility index (Phi) is 5.05. The second-order valence-electron chi connectivity index (χ2n) is 5.84. The SMILES string of the molecule is Cl.NCC1CCCCC1NC(=O)c1cc(C2CC2)[nH]n1. The molecule has 2 aliphatic rings. The molecule has 20 heavy (non-hydrogen) atoms. The van der Waals surface area contributed by atoms with Crippen LogP contribution < -0.4 is 11.1 Å². The lowest BCUT2D eigenvalue weighted by molar-refractivity contribution is 0.0903. The smallest absolute Gasteiger partial charge is 0.272 e. The van der Waals surface area contributed by atoms with E-state index in [0.717, 1.165) is 18.5 Å². The topological polar surface area (TPSA) is 83.8 Å². The van der Waals surface area contributed by atoms with E-state index in [9.17, 15) is 4.79 Å². The summed E-state index contributed by atoms with van der Waals surface area (Å²) < 4.78 is 0. The van der Waals surface area contributed by atoms with Gasteiger partial charge >= 0.3 is 0 Å². The third-order valence-electron chi connectivity index (χ3n) is 4.38. The lowest BCUT2D eigenvalue weighted by Gasteiger charge is -2.31. The predicted molar refractivity (Wildman–Crippen MR) is 80.1 cm³/mol. The van der Waals surface area contributed by atoms with Gasteiger partial charge in [-0.05, 0) is 44.2 Å². The van der Waals surface area contributed by atoms with Crippen molar-refractivity contribution >= 4 is 18.3 Å². The molecule has 2 unspecified atom stereocenters. The molecule has 3 rings (SSSR count). The standard InChI is InChI=1S/C14H22N4O.ClH/c15-8-10-3-1-2-4-11(10)16-14(19)13-7-12(17-18-13)9-5-6-9;/h7,9-11H,1-6,8,15H2,(H,16,19)(H,17,18);1H. The summed E-state index contributed by atoms with van der Waals surface area (Å²) in [4.78, 5) is 12.2. The van der Waals surface area contributed by atoms with Crippen LogP contribution in [0.5, 0.6) is 0 Å². The summed E-state index contributed by atoms with van der Waals surface area (Å²) in [6.45, 7) is 0.652. The van der Waals surface area contributed by atoms with Crippen molar-refractivity contribution in [1.82, 2.24) is 15.5 Å². The van der Waals surface area contributed by atoms with Gasteiger partial charge in [0.1, 0.15) is 5.69 Å². The number of amides is 1. The fraction of sp³-hybridized carbons (Fsp3) is 0.714. The first-order chi connectivity index (χ1) is 9.28. The molecule has 0 spiro atoms. The maximum atomic E-state index is 12.2. The molecule has 1 aromatic rings. The molecule has 2 fully saturated rings. The zero-order chi connectivity index (χ0) is 13.2. The van der Waals surface area contributed by atoms with E-state index in [1.165, 1.54) is 25.7 Å². The van der Waals surface area contributed by atoms with Gasteiger partial charge in [0.25, 0.3) is 5.91 Å². The number of hydrogen-bond donors (Lipinski definition) is 3. The van der Waals surface area contributed by atoms with E-state index < -0.39 is 0 Å². The second-order valence-corrected chi connectivity index (χ2v) is 5.84. The number of nitrogens with one attached hydrogen (secondary N) is 2. The Labute approximate surface area is 125 Å². The van der Waals surface area contributed by atoms with Crippen molar-refractivity contribution in [3.8, 4) is 0 Å². The van der Waals surface area contributed by atoms with Crippen molar-refractivity contribution in [2.75, 3.05) is 6.54 Å². The number of nitrogens with two attached hydrogens (primary N) is 1. The molecule has 4 N–H and O–H groups in total. The average molecular weight is 299 g/mol. The summed E-state index contributed by atoms with van der Waals surface area (Å²) in [6.07, 6.45) is 6.98. The highest BCUT2D eigenvalue weighted by atomic mass is 35.5. The van der Waals surface area contributed by atoms with Gasteiger partial charge in [-0.25, -0.2) is 0 Å². The van der Waals surface area contributed by atoms with E-state index in [0.29, 0.717) is 24.1 Å². The summed E-state index contributed by atoms with van der Waals surface area (Å²) >= 11 is 0. The number of carbonyl (C=O) groups excluding carboxylic acids is 1. The molecule has 1 amide bonds. The van der Waals surface area contributed by atoms with Gasteiger partial charge in [0.2, 0.25) is 0 Å². The molecule has 2 aliphatic carbocycles. The Morgan fingerprint density at radius 2 is 2.10 bits per heavy atom. The first-order valence-corrected chi connectivity index (χ1v) is 7.34.